The van der Waals surface area contributed by atoms with Gasteiger partial charge < -0.3 is 15.0 Å². The summed E-state index contributed by atoms with van der Waals surface area (Å²) in [5, 5.41) is 3.17. The van der Waals surface area contributed by atoms with Crippen LogP contribution >= 0.6 is 15.9 Å². The van der Waals surface area contributed by atoms with Crippen LogP contribution in [-0.4, -0.2) is 40.5 Å². The molecule has 2 aromatic carbocycles. The molecule has 0 bridgehead atoms. The summed E-state index contributed by atoms with van der Waals surface area (Å²) in [4.78, 5) is 23.1. The molecule has 3 aromatic rings. The first-order valence-electron chi connectivity index (χ1n) is 8.98. The first-order chi connectivity index (χ1) is 13.7. The van der Waals surface area contributed by atoms with Crippen LogP contribution < -0.4 is 5.32 Å². The Balaban J connectivity index is 1.47. The van der Waals surface area contributed by atoms with E-state index in [0.29, 0.717) is 31.1 Å². The summed E-state index contributed by atoms with van der Waals surface area (Å²) in [7, 11) is 0. The molecule has 142 valence electrons. The van der Waals surface area contributed by atoms with Crippen molar-refractivity contribution in [3.63, 3.8) is 0 Å². The number of halogens is 1. The summed E-state index contributed by atoms with van der Waals surface area (Å²) in [6.45, 7) is 1.62. The predicted octanol–water partition coefficient (Wildman–Crippen LogP) is 4.20. The third-order valence-electron chi connectivity index (χ3n) is 4.54. The molecule has 6 nitrogen and oxygen atoms in total. The van der Waals surface area contributed by atoms with Gasteiger partial charge in [-0.15, -0.1) is 0 Å². The highest BCUT2D eigenvalue weighted by Crippen LogP contribution is 2.25. The second-order valence-corrected chi connectivity index (χ2v) is 7.37. The van der Waals surface area contributed by atoms with Crippen molar-refractivity contribution in [2.75, 3.05) is 25.0 Å². The molecule has 7 heteroatoms. The number of rotatable bonds is 4. The van der Waals surface area contributed by atoms with Crippen molar-refractivity contribution in [1.29, 1.82) is 0 Å². The lowest BCUT2D eigenvalue weighted by Crippen LogP contribution is -2.42. The fraction of sp³-hybridized carbons (Fsp3) is 0.190. The van der Waals surface area contributed by atoms with Crippen LogP contribution in [0.3, 0.4) is 0 Å². The Hall–Kier alpha value is -2.77. The number of nitrogens with zero attached hydrogens (tertiary/aromatic N) is 3. The van der Waals surface area contributed by atoms with Gasteiger partial charge in [0.05, 0.1) is 19.3 Å². The zero-order valence-corrected chi connectivity index (χ0v) is 16.7. The topological polar surface area (TPSA) is 67.4 Å². The summed E-state index contributed by atoms with van der Waals surface area (Å²) in [5.41, 5.74) is 2.49. The monoisotopic (exact) mass is 438 g/mol. The fourth-order valence-electron chi connectivity index (χ4n) is 3.14. The minimum absolute atomic E-state index is 0.00629. The van der Waals surface area contributed by atoms with Crippen LogP contribution in [0.4, 0.5) is 11.5 Å². The van der Waals surface area contributed by atoms with E-state index in [4.69, 9.17) is 4.74 Å². The number of carbonyl (C=O) groups excluding carboxylic acids is 1. The minimum Gasteiger partial charge on any atom is -0.370 e. The van der Waals surface area contributed by atoms with Gasteiger partial charge in [0.15, 0.2) is 0 Å². The highest BCUT2D eigenvalue weighted by Gasteiger charge is 2.26. The lowest BCUT2D eigenvalue weighted by Gasteiger charge is -2.33. The first kappa shape index (κ1) is 18.6. The summed E-state index contributed by atoms with van der Waals surface area (Å²) in [6.07, 6.45) is 4.75. The maximum absolute atomic E-state index is 13.0. The SMILES string of the molecule is O=C(c1cccc(Nc2cnccn2)c1)N1CCO[C@H](c2ccc(Br)cc2)C1. The summed E-state index contributed by atoms with van der Waals surface area (Å²) in [6, 6.07) is 15.4. The van der Waals surface area contributed by atoms with Crippen LogP contribution in [0, 0.1) is 0 Å². The van der Waals surface area contributed by atoms with Gasteiger partial charge in [0.1, 0.15) is 11.9 Å². The Morgan fingerprint density at radius 2 is 2.04 bits per heavy atom. The number of aromatic nitrogens is 2. The van der Waals surface area contributed by atoms with Gasteiger partial charge in [0, 0.05) is 34.7 Å². The third-order valence-corrected chi connectivity index (χ3v) is 5.07. The molecule has 1 fully saturated rings. The molecule has 0 radical (unpaired) electrons. The minimum atomic E-state index is -0.119. The molecule has 1 amide bonds. The van der Waals surface area contributed by atoms with Crippen molar-refractivity contribution < 1.29 is 9.53 Å². The van der Waals surface area contributed by atoms with Crippen LogP contribution in [0.25, 0.3) is 0 Å². The van der Waals surface area contributed by atoms with Crippen molar-refractivity contribution in [1.82, 2.24) is 14.9 Å². The normalized spacial score (nSPS) is 16.6. The Labute approximate surface area is 171 Å². The second-order valence-electron chi connectivity index (χ2n) is 6.46. The molecule has 1 aromatic heterocycles. The van der Waals surface area contributed by atoms with Crippen molar-refractivity contribution in [3.05, 3.63) is 82.7 Å². The van der Waals surface area contributed by atoms with Crippen LogP contribution in [0.2, 0.25) is 0 Å². The molecule has 4 rings (SSSR count). The molecule has 0 aliphatic carbocycles. The van der Waals surface area contributed by atoms with Gasteiger partial charge in [0.2, 0.25) is 0 Å². The van der Waals surface area contributed by atoms with E-state index in [1.165, 1.54) is 0 Å². The van der Waals surface area contributed by atoms with E-state index in [0.717, 1.165) is 15.7 Å². The first-order valence-corrected chi connectivity index (χ1v) is 9.78. The average Bonchev–Trinajstić information content (AvgIpc) is 2.75. The Morgan fingerprint density at radius 1 is 1.18 bits per heavy atom. The van der Waals surface area contributed by atoms with Crippen molar-refractivity contribution in [2.24, 2.45) is 0 Å². The van der Waals surface area contributed by atoms with E-state index in [-0.39, 0.29) is 12.0 Å². The molecule has 0 unspecified atom stereocenters. The zero-order chi connectivity index (χ0) is 19.3. The Morgan fingerprint density at radius 3 is 2.82 bits per heavy atom. The van der Waals surface area contributed by atoms with E-state index >= 15 is 0 Å². The molecular formula is C21H19BrN4O2. The zero-order valence-electron chi connectivity index (χ0n) is 15.1. The standard InChI is InChI=1S/C21H19BrN4O2/c22-17-6-4-15(5-7-17)19-14-26(10-11-28-19)21(27)16-2-1-3-18(12-16)25-20-13-23-8-9-24-20/h1-9,12-13,19H,10-11,14H2,(H,24,25)/t19-/m0/s1. The van der Waals surface area contributed by atoms with E-state index in [9.17, 15) is 4.79 Å². The smallest absolute Gasteiger partial charge is 0.254 e. The van der Waals surface area contributed by atoms with Gasteiger partial charge in [-0.2, -0.15) is 0 Å². The molecule has 2 heterocycles. The number of nitrogens with one attached hydrogen (secondary N) is 1. The number of carbonyl (C=O) groups is 1. The van der Waals surface area contributed by atoms with Crippen molar-refractivity contribution in [3.8, 4) is 0 Å². The second kappa shape index (κ2) is 8.50. The van der Waals surface area contributed by atoms with E-state index < -0.39 is 0 Å². The van der Waals surface area contributed by atoms with Gasteiger partial charge >= 0.3 is 0 Å². The molecule has 0 saturated carbocycles. The largest absolute Gasteiger partial charge is 0.370 e. The summed E-state index contributed by atoms with van der Waals surface area (Å²) in [5.74, 6) is 0.627. The molecular weight excluding hydrogens is 420 g/mol. The number of hydrogen-bond donors (Lipinski definition) is 1. The number of benzene rings is 2. The number of ether oxygens (including phenoxy) is 1. The number of morpholine rings is 1. The van der Waals surface area contributed by atoms with E-state index in [2.05, 4.69) is 31.2 Å². The van der Waals surface area contributed by atoms with Gasteiger partial charge in [-0.05, 0) is 35.9 Å². The van der Waals surface area contributed by atoms with Gasteiger partial charge in [-0.25, -0.2) is 4.98 Å². The lowest BCUT2D eigenvalue weighted by atomic mass is 10.1. The predicted molar refractivity (Wildman–Crippen MR) is 110 cm³/mol. The fourth-order valence-corrected chi connectivity index (χ4v) is 3.40. The van der Waals surface area contributed by atoms with Gasteiger partial charge in [-0.1, -0.05) is 34.1 Å². The Kier molecular flexibility index (Phi) is 5.64. The van der Waals surface area contributed by atoms with Crippen molar-refractivity contribution >= 4 is 33.3 Å². The number of hydrogen-bond acceptors (Lipinski definition) is 5. The molecule has 0 spiro atoms. The Bertz CT molecular complexity index is 950. The summed E-state index contributed by atoms with van der Waals surface area (Å²) >= 11 is 3.45. The van der Waals surface area contributed by atoms with Gasteiger partial charge in [0.25, 0.3) is 5.91 Å². The third kappa shape index (κ3) is 4.37. The van der Waals surface area contributed by atoms with Crippen LogP contribution in [-0.2, 0) is 4.74 Å². The molecule has 1 N–H and O–H groups in total. The highest BCUT2D eigenvalue weighted by molar-refractivity contribution is 9.10. The van der Waals surface area contributed by atoms with Gasteiger partial charge in [-0.3, -0.25) is 9.78 Å². The molecule has 1 aliphatic rings. The molecule has 1 saturated heterocycles. The number of amides is 1. The van der Waals surface area contributed by atoms with Crippen LogP contribution in [0.15, 0.2) is 71.6 Å². The molecule has 28 heavy (non-hydrogen) atoms. The van der Waals surface area contributed by atoms with Crippen molar-refractivity contribution in [2.45, 2.75) is 6.10 Å². The average molecular weight is 439 g/mol. The molecule has 1 atom stereocenters. The summed E-state index contributed by atoms with van der Waals surface area (Å²) < 4.78 is 6.91. The molecule has 1 aliphatic heterocycles. The quantitative estimate of drug-likeness (QED) is 0.660. The van der Waals surface area contributed by atoms with Crippen LogP contribution in [0.5, 0.6) is 0 Å². The van der Waals surface area contributed by atoms with Crippen LogP contribution in [0.1, 0.15) is 22.0 Å². The van der Waals surface area contributed by atoms with E-state index in [1.54, 1.807) is 18.6 Å². The maximum Gasteiger partial charge on any atom is 0.254 e. The highest BCUT2D eigenvalue weighted by atomic mass is 79.9. The van der Waals surface area contributed by atoms with E-state index in [1.807, 2.05) is 53.4 Å². The maximum atomic E-state index is 13.0. The number of anilines is 2. The lowest BCUT2D eigenvalue weighted by molar-refractivity contribution is -0.0228.